The van der Waals surface area contributed by atoms with Crippen LogP contribution < -0.4 is 0 Å². The first-order valence-corrected chi connectivity index (χ1v) is 14.7. The van der Waals surface area contributed by atoms with E-state index in [2.05, 4.69) is 106 Å². The lowest BCUT2D eigenvalue weighted by Crippen LogP contribution is -2.41. The molecule has 0 amide bonds. The van der Waals surface area contributed by atoms with E-state index in [1.807, 2.05) is 0 Å². The Morgan fingerprint density at radius 1 is 0.941 bits per heavy atom. The van der Waals surface area contributed by atoms with Crippen LogP contribution in [-0.2, 0) is 0 Å². The molecule has 3 rings (SSSR count). The molecule has 0 aromatic heterocycles. The Labute approximate surface area is 214 Å². The van der Waals surface area contributed by atoms with Gasteiger partial charge in [-0.25, -0.2) is 0 Å². The maximum Gasteiger partial charge on any atom is -0.0111 e. The highest BCUT2D eigenvalue weighted by molar-refractivity contribution is 5.21. The summed E-state index contributed by atoms with van der Waals surface area (Å²) in [6, 6.07) is 11.0. The Morgan fingerprint density at radius 2 is 1.47 bits per heavy atom. The first kappa shape index (κ1) is 29.2. The molecule has 0 saturated heterocycles. The van der Waals surface area contributed by atoms with E-state index in [-0.39, 0.29) is 0 Å². The second-order valence-corrected chi connectivity index (χ2v) is 13.3. The molecule has 0 radical (unpaired) electrons. The highest BCUT2D eigenvalue weighted by atomic mass is 14.5. The highest BCUT2D eigenvalue weighted by Crippen LogP contribution is 2.56. The molecule has 2 aliphatic rings. The summed E-state index contributed by atoms with van der Waals surface area (Å²) in [6.07, 6.45) is 13.6. The van der Waals surface area contributed by atoms with Gasteiger partial charge in [0.25, 0.3) is 0 Å². The molecule has 0 unspecified atom stereocenters. The van der Waals surface area contributed by atoms with Crippen molar-refractivity contribution in [2.45, 2.75) is 127 Å². The van der Waals surface area contributed by atoms with Gasteiger partial charge in [0.1, 0.15) is 0 Å². The third-order valence-corrected chi connectivity index (χ3v) is 10.4. The van der Waals surface area contributed by atoms with Crippen LogP contribution in [-0.4, -0.2) is 0 Å². The third kappa shape index (κ3) is 7.24. The summed E-state index contributed by atoms with van der Waals surface area (Å²) in [4.78, 5) is 0. The summed E-state index contributed by atoms with van der Waals surface area (Å²) in [5, 5.41) is 0. The van der Waals surface area contributed by atoms with Crippen molar-refractivity contribution in [3.05, 3.63) is 47.5 Å². The Morgan fingerprint density at radius 3 is 1.88 bits per heavy atom. The Bertz CT molecular complexity index is 713. The summed E-state index contributed by atoms with van der Waals surface area (Å²) in [5.74, 6) is 5.13. The minimum atomic E-state index is 0.424. The minimum absolute atomic E-state index is 0.424. The van der Waals surface area contributed by atoms with Crippen molar-refractivity contribution in [3.63, 3.8) is 0 Å². The van der Waals surface area contributed by atoms with Gasteiger partial charge >= 0.3 is 0 Å². The first-order valence-electron chi connectivity index (χ1n) is 14.7. The van der Waals surface area contributed by atoms with Crippen molar-refractivity contribution in [3.8, 4) is 0 Å². The zero-order valence-corrected chi connectivity index (χ0v) is 24.6. The van der Waals surface area contributed by atoms with Gasteiger partial charge in [0.05, 0.1) is 0 Å². The van der Waals surface area contributed by atoms with Crippen molar-refractivity contribution in [1.82, 2.24) is 0 Å². The minimum Gasteiger partial charge on any atom is -0.0879 e. The van der Waals surface area contributed by atoms with Crippen LogP contribution >= 0.6 is 0 Å². The fraction of sp³-hybridized carbons (Fsp3) is 0.765. The lowest BCUT2D eigenvalue weighted by atomic mass is 9.53. The largest absolute Gasteiger partial charge is 0.0879 e. The maximum absolute atomic E-state index is 2.50. The van der Waals surface area contributed by atoms with E-state index in [1.165, 1.54) is 51.4 Å². The number of benzene rings is 1. The van der Waals surface area contributed by atoms with Crippen molar-refractivity contribution >= 4 is 0 Å². The van der Waals surface area contributed by atoms with Gasteiger partial charge in [0.2, 0.25) is 0 Å². The van der Waals surface area contributed by atoms with Crippen LogP contribution in [0.15, 0.2) is 42.0 Å². The second kappa shape index (κ2) is 12.8. The number of rotatable bonds is 8. The van der Waals surface area contributed by atoms with Crippen molar-refractivity contribution in [1.29, 1.82) is 0 Å². The molecule has 0 N–H and O–H groups in total. The molecule has 2 saturated carbocycles. The zero-order valence-electron chi connectivity index (χ0n) is 24.6. The molecule has 0 heterocycles. The van der Waals surface area contributed by atoms with Gasteiger partial charge in [0, 0.05) is 0 Å². The molecule has 0 heteroatoms. The van der Waals surface area contributed by atoms with Crippen LogP contribution in [0, 0.1) is 40.4 Å². The molecule has 0 spiro atoms. The third-order valence-electron chi connectivity index (χ3n) is 10.4. The molecular weight excluding hydrogens is 408 g/mol. The van der Waals surface area contributed by atoms with E-state index >= 15 is 0 Å². The van der Waals surface area contributed by atoms with Gasteiger partial charge in [-0.05, 0) is 104 Å². The summed E-state index contributed by atoms with van der Waals surface area (Å²) in [5.41, 5.74) is 4.18. The summed E-state index contributed by atoms with van der Waals surface area (Å²) < 4.78 is 0. The Hall–Kier alpha value is -1.04. The molecule has 34 heavy (non-hydrogen) atoms. The van der Waals surface area contributed by atoms with Crippen molar-refractivity contribution in [2.75, 3.05) is 0 Å². The zero-order chi connectivity index (χ0) is 25.5. The lowest BCUT2D eigenvalue weighted by Gasteiger charge is -2.52. The predicted molar refractivity (Wildman–Crippen MR) is 153 cm³/mol. The van der Waals surface area contributed by atoms with E-state index < -0.39 is 0 Å². The molecular formula is C34H58. The molecule has 1 aromatic rings. The summed E-state index contributed by atoms with van der Waals surface area (Å²) >= 11 is 0. The van der Waals surface area contributed by atoms with Crippen molar-refractivity contribution in [2.24, 2.45) is 40.4 Å². The van der Waals surface area contributed by atoms with Gasteiger partial charge in [-0.3, -0.25) is 0 Å². The van der Waals surface area contributed by atoms with Crippen LogP contribution in [0.3, 0.4) is 0 Å². The summed E-state index contributed by atoms with van der Waals surface area (Å²) in [6.45, 7) is 23.9. The van der Waals surface area contributed by atoms with Gasteiger partial charge in [-0.2, -0.15) is 0 Å². The Kier molecular flexibility index (Phi) is 11.0. The smallest absolute Gasteiger partial charge is 0.0111 e. The van der Waals surface area contributed by atoms with Gasteiger partial charge in [-0.15, -0.1) is 0 Å². The summed E-state index contributed by atoms with van der Waals surface area (Å²) in [7, 11) is 0. The van der Waals surface area contributed by atoms with E-state index in [0.717, 1.165) is 35.5 Å². The monoisotopic (exact) mass is 466 g/mol. The van der Waals surface area contributed by atoms with Crippen molar-refractivity contribution < 1.29 is 0 Å². The quantitative estimate of drug-likeness (QED) is 0.334. The molecule has 0 atom stereocenters. The van der Waals surface area contributed by atoms with E-state index in [0.29, 0.717) is 10.8 Å². The number of hydrogen-bond acceptors (Lipinski definition) is 0. The van der Waals surface area contributed by atoms with E-state index in [4.69, 9.17) is 0 Å². The van der Waals surface area contributed by atoms with Crippen LogP contribution in [0.25, 0.3) is 0 Å². The molecule has 1 aromatic carbocycles. The predicted octanol–water partition coefficient (Wildman–Crippen LogP) is 11.1. The molecule has 194 valence electrons. The second-order valence-electron chi connectivity index (χ2n) is 13.3. The van der Waals surface area contributed by atoms with E-state index in [9.17, 15) is 0 Å². The van der Waals surface area contributed by atoms with Gasteiger partial charge < -0.3 is 0 Å². The van der Waals surface area contributed by atoms with Crippen LogP contribution in [0.5, 0.6) is 0 Å². The molecule has 0 aliphatic heterocycles. The SMILES string of the molecule is C/C=C(\CC(C)(C(C)C)C(C)C)C1(C)CC(C(C)C)C1.CCC1CCC(c2ccccc2)CC1. The fourth-order valence-electron chi connectivity index (χ4n) is 6.61. The molecule has 0 bridgehead atoms. The van der Waals surface area contributed by atoms with Gasteiger partial charge in [0.15, 0.2) is 0 Å². The topological polar surface area (TPSA) is 0 Å². The fourth-order valence-corrected chi connectivity index (χ4v) is 6.61. The van der Waals surface area contributed by atoms with Crippen LogP contribution in [0.2, 0.25) is 0 Å². The standard InChI is InChI=1S/C20H38.C14H20/c1-10-18(13-20(9,15(4)5)16(6)7)19(8)11-17(12-19)14(2)3;1-2-12-8-10-14(11-9-12)13-6-4-3-5-7-13/h10,14-17H,11-13H2,1-9H3;3-7,12,14H,2,8-11H2,1H3/b18-10+;. The highest BCUT2D eigenvalue weighted by Gasteiger charge is 2.46. The molecule has 0 nitrogen and oxygen atoms in total. The first-order chi connectivity index (χ1) is 16.0. The lowest BCUT2D eigenvalue weighted by molar-refractivity contribution is 0.0545. The van der Waals surface area contributed by atoms with Crippen LogP contribution in [0.4, 0.5) is 0 Å². The average Bonchev–Trinajstić information content (AvgIpc) is 2.81. The molecule has 2 fully saturated rings. The number of hydrogen-bond donors (Lipinski definition) is 0. The maximum atomic E-state index is 2.50. The van der Waals surface area contributed by atoms with Crippen LogP contribution in [0.1, 0.15) is 132 Å². The average molecular weight is 467 g/mol. The number of allylic oxidation sites excluding steroid dienone is 2. The van der Waals surface area contributed by atoms with Gasteiger partial charge in [-0.1, -0.05) is 111 Å². The molecule has 2 aliphatic carbocycles. The normalized spacial score (nSPS) is 28.0. The Balaban J connectivity index is 0.000000254. The van der Waals surface area contributed by atoms with E-state index in [1.54, 1.807) is 11.1 Å².